The molecule has 152 valence electrons. The SMILES string of the molecule is COc1ccc2c(Oc3ccc(/C=C/C(N)O)cc3)c(-c3ccc(F)cc3)sc2c1. The Morgan fingerprint density at radius 1 is 1.00 bits per heavy atom. The molecule has 0 bridgehead atoms. The maximum Gasteiger partial charge on any atom is 0.153 e. The van der Waals surface area contributed by atoms with E-state index in [2.05, 4.69) is 0 Å². The molecule has 1 atom stereocenters. The van der Waals surface area contributed by atoms with E-state index in [0.717, 1.165) is 31.8 Å². The number of halogens is 1. The molecule has 0 aliphatic rings. The molecule has 3 aromatic carbocycles. The first-order valence-corrected chi connectivity index (χ1v) is 10.1. The topological polar surface area (TPSA) is 64.7 Å². The van der Waals surface area contributed by atoms with E-state index in [1.807, 2.05) is 42.5 Å². The molecule has 4 aromatic rings. The van der Waals surface area contributed by atoms with Gasteiger partial charge in [-0.1, -0.05) is 30.3 Å². The fraction of sp³-hybridized carbons (Fsp3) is 0.0833. The van der Waals surface area contributed by atoms with Gasteiger partial charge in [-0.15, -0.1) is 11.3 Å². The molecule has 1 heterocycles. The van der Waals surface area contributed by atoms with Crippen molar-refractivity contribution in [3.8, 4) is 27.7 Å². The van der Waals surface area contributed by atoms with Crippen LogP contribution >= 0.6 is 11.3 Å². The molecule has 4 rings (SSSR count). The lowest BCUT2D eigenvalue weighted by atomic mass is 10.1. The van der Waals surface area contributed by atoms with E-state index in [9.17, 15) is 4.39 Å². The van der Waals surface area contributed by atoms with Crippen LogP contribution in [0.15, 0.2) is 72.8 Å². The second-order valence-corrected chi connectivity index (χ2v) is 7.70. The number of hydrogen-bond acceptors (Lipinski definition) is 5. The van der Waals surface area contributed by atoms with Gasteiger partial charge in [0.15, 0.2) is 5.75 Å². The average molecular weight is 421 g/mol. The molecule has 0 saturated carbocycles. The molecule has 0 fully saturated rings. The average Bonchev–Trinajstić information content (AvgIpc) is 3.11. The number of ether oxygens (including phenoxy) is 2. The Morgan fingerprint density at radius 2 is 1.70 bits per heavy atom. The van der Waals surface area contributed by atoms with Crippen molar-refractivity contribution < 1.29 is 19.0 Å². The van der Waals surface area contributed by atoms with Crippen molar-refractivity contribution >= 4 is 27.5 Å². The van der Waals surface area contributed by atoms with Crippen molar-refractivity contribution in [3.05, 3.63) is 84.2 Å². The van der Waals surface area contributed by atoms with E-state index in [1.165, 1.54) is 18.2 Å². The van der Waals surface area contributed by atoms with Crippen LogP contribution in [0.25, 0.3) is 26.6 Å². The molecule has 1 unspecified atom stereocenters. The highest BCUT2D eigenvalue weighted by Gasteiger charge is 2.17. The molecular formula is C24H20FNO3S. The number of benzene rings is 3. The molecule has 0 radical (unpaired) electrons. The van der Waals surface area contributed by atoms with E-state index < -0.39 is 6.23 Å². The van der Waals surface area contributed by atoms with Crippen molar-refractivity contribution in [2.75, 3.05) is 7.11 Å². The summed E-state index contributed by atoms with van der Waals surface area (Å²) in [6.07, 6.45) is 2.25. The number of aliphatic hydroxyl groups is 1. The summed E-state index contributed by atoms with van der Waals surface area (Å²) in [5.74, 6) is 1.86. The molecule has 3 N–H and O–H groups in total. The minimum atomic E-state index is -0.992. The van der Waals surface area contributed by atoms with Gasteiger partial charge in [-0.05, 0) is 59.7 Å². The van der Waals surface area contributed by atoms with E-state index in [0.29, 0.717) is 11.5 Å². The van der Waals surface area contributed by atoms with E-state index >= 15 is 0 Å². The summed E-state index contributed by atoms with van der Waals surface area (Å²) in [7, 11) is 1.63. The number of hydrogen-bond donors (Lipinski definition) is 2. The van der Waals surface area contributed by atoms with Gasteiger partial charge < -0.3 is 20.3 Å². The molecule has 0 spiro atoms. The second-order valence-electron chi connectivity index (χ2n) is 6.65. The third-order valence-corrected chi connectivity index (χ3v) is 5.73. The third kappa shape index (κ3) is 4.36. The van der Waals surface area contributed by atoms with Crippen molar-refractivity contribution in [2.45, 2.75) is 6.23 Å². The molecule has 0 saturated heterocycles. The summed E-state index contributed by atoms with van der Waals surface area (Å²) in [5.41, 5.74) is 7.10. The van der Waals surface area contributed by atoms with Crippen molar-refractivity contribution in [3.63, 3.8) is 0 Å². The largest absolute Gasteiger partial charge is 0.497 e. The number of nitrogens with two attached hydrogens (primary N) is 1. The quantitative estimate of drug-likeness (QED) is 0.386. The Kier molecular flexibility index (Phi) is 5.81. The Balaban J connectivity index is 1.74. The fourth-order valence-corrected chi connectivity index (χ4v) is 4.21. The first kappa shape index (κ1) is 20.1. The predicted molar refractivity (Wildman–Crippen MR) is 120 cm³/mol. The van der Waals surface area contributed by atoms with Gasteiger partial charge in [0, 0.05) is 10.1 Å². The molecule has 0 amide bonds. The van der Waals surface area contributed by atoms with Gasteiger partial charge in [0.05, 0.1) is 12.0 Å². The lowest BCUT2D eigenvalue weighted by molar-refractivity contribution is 0.232. The van der Waals surface area contributed by atoms with E-state index in [4.69, 9.17) is 20.3 Å². The Morgan fingerprint density at radius 3 is 2.37 bits per heavy atom. The zero-order valence-corrected chi connectivity index (χ0v) is 17.0. The highest BCUT2D eigenvalue weighted by atomic mass is 32.1. The monoisotopic (exact) mass is 421 g/mol. The molecule has 0 aliphatic heterocycles. The van der Waals surface area contributed by atoms with Crippen LogP contribution in [0.1, 0.15) is 5.56 Å². The first-order chi connectivity index (χ1) is 14.5. The minimum Gasteiger partial charge on any atom is -0.497 e. The van der Waals surface area contributed by atoms with E-state index in [1.54, 1.807) is 36.7 Å². The molecule has 6 heteroatoms. The summed E-state index contributed by atoms with van der Waals surface area (Å²) in [6, 6.07) is 19.7. The zero-order chi connectivity index (χ0) is 21.1. The van der Waals surface area contributed by atoms with Gasteiger partial charge in [0.1, 0.15) is 23.5 Å². The van der Waals surface area contributed by atoms with Crippen molar-refractivity contribution in [1.82, 2.24) is 0 Å². The predicted octanol–water partition coefficient (Wildman–Crippen LogP) is 5.80. The normalized spacial score (nSPS) is 12.4. The summed E-state index contributed by atoms with van der Waals surface area (Å²) in [6.45, 7) is 0. The van der Waals surface area contributed by atoms with Crippen LogP contribution in [0.2, 0.25) is 0 Å². The van der Waals surface area contributed by atoms with Gasteiger partial charge >= 0.3 is 0 Å². The highest BCUT2D eigenvalue weighted by molar-refractivity contribution is 7.22. The van der Waals surface area contributed by atoms with Gasteiger partial charge in [-0.25, -0.2) is 4.39 Å². The maximum absolute atomic E-state index is 13.4. The maximum atomic E-state index is 13.4. The third-order valence-electron chi connectivity index (χ3n) is 4.54. The molecule has 30 heavy (non-hydrogen) atoms. The van der Waals surface area contributed by atoms with Crippen molar-refractivity contribution in [1.29, 1.82) is 0 Å². The molecule has 4 nitrogen and oxygen atoms in total. The number of fused-ring (bicyclic) bond motifs is 1. The van der Waals surface area contributed by atoms with Crippen LogP contribution in [-0.2, 0) is 0 Å². The van der Waals surface area contributed by atoms with Crippen LogP contribution in [-0.4, -0.2) is 18.4 Å². The molecule has 1 aromatic heterocycles. The summed E-state index contributed by atoms with van der Waals surface area (Å²) >= 11 is 1.57. The summed E-state index contributed by atoms with van der Waals surface area (Å²) in [5, 5.41) is 10.1. The Labute approximate surface area is 177 Å². The second kappa shape index (κ2) is 8.67. The lowest BCUT2D eigenvalue weighted by Gasteiger charge is -2.09. The van der Waals surface area contributed by atoms with Crippen LogP contribution in [0, 0.1) is 5.82 Å². The van der Waals surface area contributed by atoms with Crippen LogP contribution in [0.5, 0.6) is 17.2 Å². The summed E-state index contributed by atoms with van der Waals surface area (Å²) in [4.78, 5) is 0.911. The number of rotatable bonds is 6. The van der Waals surface area contributed by atoms with Crippen molar-refractivity contribution in [2.24, 2.45) is 5.73 Å². The Bertz CT molecular complexity index is 1180. The number of methoxy groups -OCH3 is 1. The van der Waals surface area contributed by atoms with Gasteiger partial charge in [0.2, 0.25) is 0 Å². The highest BCUT2D eigenvalue weighted by Crippen LogP contribution is 2.47. The molecule has 0 aliphatic carbocycles. The van der Waals surface area contributed by atoms with Gasteiger partial charge in [0.25, 0.3) is 0 Å². The fourth-order valence-electron chi connectivity index (χ4n) is 3.05. The number of thiophene rings is 1. The van der Waals surface area contributed by atoms with Crippen LogP contribution < -0.4 is 15.2 Å². The summed E-state index contributed by atoms with van der Waals surface area (Å²) < 4.78 is 26.1. The van der Waals surface area contributed by atoms with E-state index in [-0.39, 0.29) is 5.82 Å². The van der Waals surface area contributed by atoms with Gasteiger partial charge in [-0.2, -0.15) is 0 Å². The minimum absolute atomic E-state index is 0.282. The van der Waals surface area contributed by atoms with Gasteiger partial charge in [-0.3, -0.25) is 0 Å². The number of aliphatic hydroxyl groups excluding tert-OH is 1. The van der Waals surface area contributed by atoms with Crippen LogP contribution in [0.3, 0.4) is 0 Å². The Hall–Kier alpha value is -3.19. The van der Waals surface area contributed by atoms with Crippen LogP contribution in [0.4, 0.5) is 4.39 Å². The standard InChI is InChI=1S/C24H20FNO3S/c1-28-19-11-12-20-21(14-19)30-24(16-5-7-17(25)8-6-16)23(20)29-18-9-2-15(3-10-18)4-13-22(26)27/h2-14,22,27H,26H2,1H3/b13-4+. The zero-order valence-electron chi connectivity index (χ0n) is 16.2. The molecular weight excluding hydrogens is 401 g/mol. The first-order valence-electron chi connectivity index (χ1n) is 9.30. The smallest absolute Gasteiger partial charge is 0.153 e. The lowest BCUT2D eigenvalue weighted by Crippen LogP contribution is -2.14.